The number of hydrogen-bond donors (Lipinski definition) is 0. The fourth-order valence-corrected chi connectivity index (χ4v) is 1.37. The van der Waals surface area contributed by atoms with E-state index in [1.165, 1.54) is 0 Å². The molecule has 0 radical (unpaired) electrons. The van der Waals surface area contributed by atoms with E-state index in [-0.39, 0.29) is 29.8 Å². The van der Waals surface area contributed by atoms with Gasteiger partial charge in [0.1, 0.15) is 19.0 Å². The minimum Gasteiger partial charge on any atom is -0.364 e. The van der Waals surface area contributed by atoms with Crippen molar-refractivity contribution >= 4 is 5.78 Å². The lowest BCUT2D eigenvalue weighted by molar-refractivity contribution is -0.177. The molecule has 0 unspecified atom stereocenters. The van der Waals surface area contributed by atoms with Gasteiger partial charge in [0.05, 0.1) is 6.42 Å². The third-order valence-corrected chi connectivity index (χ3v) is 1.99. The predicted molar refractivity (Wildman–Crippen MR) is 58.2 cm³/mol. The summed E-state index contributed by atoms with van der Waals surface area (Å²) in [4.78, 5) is 15.3. The van der Waals surface area contributed by atoms with Crippen molar-refractivity contribution in [3.05, 3.63) is 11.7 Å². The zero-order valence-corrected chi connectivity index (χ0v) is 10.7. The molecular weight excluding hydrogens is 265 g/mol. The average Bonchev–Trinajstić information content (AvgIpc) is 2.62. The summed E-state index contributed by atoms with van der Waals surface area (Å²) in [5.41, 5.74) is 0. The molecule has 0 aromatic carbocycles. The molecule has 0 fully saturated rings. The molecule has 0 aliphatic carbocycles. The molecule has 108 valence electrons. The summed E-state index contributed by atoms with van der Waals surface area (Å²) < 4.78 is 44.6. The minimum atomic E-state index is -4.39. The summed E-state index contributed by atoms with van der Waals surface area (Å²) in [5.74, 6) is 0.263. The number of nitrogens with zero attached hydrogens (tertiary/aromatic N) is 2. The van der Waals surface area contributed by atoms with Gasteiger partial charge in [-0.3, -0.25) is 4.79 Å². The van der Waals surface area contributed by atoms with Gasteiger partial charge in [-0.15, -0.1) is 0 Å². The van der Waals surface area contributed by atoms with Gasteiger partial charge in [0, 0.05) is 6.42 Å². The number of carbonyl (C=O) groups is 1. The molecule has 1 heterocycles. The molecule has 1 aromatic rings. The number of ketones is 1. The summed E-state index contributed by atoms with van der Waals surface area (Å²) in [6.45, 7) is 2.04. The number of Topliss-reactive ketones (excluding diaryl/α,β-unsaturated/α-hetero) is 1. The summed E-state index contributed by atoms with van der Waals surface area (Å²) in [7, 11) is 0. The number of ether oxygens (including phenoxy) is 1. The molecule has 1 aromatic heterocycles. The van der Waals surface area contributed by atoms with Crippen LogP contribution in [-0.4, -0.2) is 28.7 Å². The Labute approximate surface area is 108 Å². The monoisotopic (exact) mass is 280 g/mol. The van der Waals surface area contributed by atoms with Crippen LogP contribution in [-0.2, 0) is 22.6 Å². The molecule has 19 heavy (non-hydrogen) atoms. The maximum atomic E-state index is 11.8. The Hall–Kier alpha value is -1.44. The highest BCUT2D eigenvalue weighted by Crippen LogP contribution is 2.15. The Bertz CT molecular complexity index is 416. The summed E-state index contributed by atoms with van der Waals surface area (Å²) >= 11 is 0. The highest BCUT2D eigenvalue weighted by atomic mass is 19.4. The van der Waals surface area contributed by atoms with Crippen LogP contribution in [0.2, 0.25) is 0 Å². The first-order valence-corrected chi connectivity index (χ1v) is 5.74. The number of hydrogen-bond acceptors (Lipinski definition) is 5. The van der Waals surface area contributed by atoms with E-state index in [0.717, 1.165) is 0 Å². The minimum absolute atomic E-state index is 0.00315. The third kappa shape index (κ3) is 6.90. The first-order valence-electron chi connectivity index (χ1n) is 5.74. The fourth-order valence-electron chi connectivity index (χ4n) is 1.37. The van der Waals surface area contributed by atoms with E-state index in [1.54, 1.807) is 0 Å². The van der Waals surface area contributed by atoms with Crippen molar-refractivity contribution in [2.24, 2.45) is 5.92 Å². The van der Waals surface area contributed by atoms with Crippen molar-refractivity contribution in [3.8, 4) is 0 Å². The van der Waals surface area contributed by atoms with Gasteiger partial charge in [-0.05, 0) is 5.92 Å². The van der Waals surface area contributed by atoms with E-state index in [9.17, 15) is 18.0 Å². The van der Waals surface area contributed by atoms with Crippen LogP contribution in [0.3, 0.4) is 0 Å². The summed E-state index contributed by atoms with van der Waals surface area (Å²) in [6.07, 6.45) is -4.01. The fraction of sp³-hybridized carbons (Fsp3) is 0.727. The van der Waals surface area contributed by atoms with Gasteiger partial charge in [0.2, 0.25) is 5.89 Å². The highest BCUT2D eigenvalue weighted by Gasteiger charge is 2.27. The van der Waals surface area contributed by atoms with Gasteiger partial charge >= 0.3 is 6.18 Å². The smallest absolute Gasteiger partial charge is 0.364 e. The molecule has 0 aliphatic rings. The lowest BCUT2D eigenvalue weighted by Gasteiger charge is -2.04. The van der Waals surface area contributed by atoms with Crippen LogP contribution in [0.15, 0.2) is 4.52 Å². The Morgan fingerprint density at radius 1 is 1.42 bits per heavy atom. The molecule has 0 saturated heterocycles. The van der Waals surface area contributed by atoms with Crippen LogP contribution >= 0.6 is 0 Å². The van der Waals surface area contributed by atoms with Gasteiger partial charge in [-0.25, -0.2) is 0 Å². The Morgan fingerprint density at radius 3 is 2.68 bits per heavy atom. The second-order valence-corrected chi connectivity index (χ2v) is 4.53. The SMILES string of the molecule is CC(C)CC(=O)Cc1nc(COCC(F)(F)F)no1. The van der Waals surface area contributed by atoms with Crippen molar-refractivity contribution in [3.63, 3.8) is 0 Å². The largest absolute Gasteiger partial charge is 0.411 e. The first kappa shape index (κ1) is 15.6. The molecule has 0 spiro atoms. The molecule has 0 saturated carbocycles. The summed E-state index contributed by atoms with van der Waals surface area (Å²) in [6, 6.07) is 0. The van der Waals surface area contributed by atoms with Crippen molar-refractivity contribution in [2.45, 2.75) is 39.5 Å². The predicted octanol–water partition coefficient (Wildman–Crippen LogP) is 2.31. The first-order chi connectivity index (χ1) is 8.76. The zero-order valence-electron chi connectivity index (χ0n) is 10.7. The molecule has 0 atom stereocenters. The van der Waals surface area contributed by atoms with Crippen molar-refractivity contribution in [1.82, 2.24) is 10.1 Å². The molecule has 1 rings (SSSR count). The quantitative estimate of drug-likeness (QED) is 0.766. The highest BCUT2D eigenvalue weighted by molar-refractivity contribution is 5.80. The lowest BCUT2D eigenvalue weighted by atomic mass is 10.1. The Balaban J connectivity index is 2.38. The van der Waals surface area contributed by atoms with E-state index in [2.05, 4.69) is 14.9 Å². The number of alkyl halides is 3. The standard InChI is InChI=1S/C11H15F3N2O3/c1-7(2)3-8(17)4-10-15-9(16-19-10)5-18-6-11(12,13)14/h7H,3-6H2,1-2H3. The number of rotatable bonds is 7. The normalized spacial score (nSPS) is 12.1. The van der Waals surface area contributed by atoms with Gasteiger partial charge in [0.25, 0.3) is 0 Å². The molecular formula is C11H15F3N2O3. The molecule has 5 nitrogen and oxygen atoms in total. The Morgan fingerprint density at radius 2 is 2.11 bits per heavy atom. The van der Waals surface area contributed by atoms with E-state index in [1.807, 2.05) is 13.8 Å². The maximum Gasteiger partial charge on any atom is 0.411 e. The van der Waals surface area contributed by atoms with Crippen LogP contribution in [0.4, 0.5) is 13.2 Å². The number of halogens is 3. The average molecular weight is 280 g/mol. The van der Waals surface area contributed by atoms with E-state index >= 15 is 0 Å². The third-order valence-electron chi connectivity index (χ3n) is 1.99. The molecule has 0 N–H and O–H groups in total. The van der Waals surface area contributed by atoms with Crippen LogP contribution < -0.4 is 0 Å². The zero-order chi connectivity index (χ0) is 14.5. The molecule has 0 bridgehead atoms. The van der Waals surface area contributed by atoms with Gasteiger partial charge in [0.15, 0.2) is 5.82 Å². The van der Waals surface area contributed by atoms with E-state index < -0.39 is 19.4 Å². The Kier molecular flexibility index (Phi) is 5.46. The van der Waals surface area contributed by atoms with Crippen LogP contribution in [0.25, 0.3) is 0 Å². The van der Waals surface area contributed by atoms with Crippen molar-refractivity contribution in [2.75, 3.05) is 6.61 Å². The number of carbonyl (C=O) groups excluding carboxylic acids is 1. The van der Waals surface area contributed by atoms with Crippen LogP contribution in [0.5, 0.6) is 0 Å². The second kappa shape index (κ2) is 6.65. The second-order valence-electron chi connectivity index (χ2n) is 4.53. The van der Waals surface area contributed by atoms with Crippen molar-refractivity contribution < 1.29 is 27.2 Å². The van der Waals surface area contributed by atoms with Gasteiger partial charge in [-0.2, -0.15) is 18.2 Å². The molecule has 8 heteroatoms. The van der Waals surface area contributed by atoms with Crippen LogP contribution in [0.1, 0.15) is 32.0 Å². The number of aromatic nitrogens is 2. The summed E-state index contributed by atoms with van der Waals surface area (Å²) in [5, 5.41) is 3.44. The maximum absolute atomic E-state index is 11.8. The molecule has 0 amide bonds. The lowest BCUT2D eigenvalue weighted by Crippen LogP contribution is -2.17. The molecule has 0 aliphatic heterocycles. The van der Waals surface area contributed by atoms with E-state index in [0.29, 0.717) is 6.42 Å². The van der Waals surface area contributed by atoms with Gasteiger partial charge < -0.3 is 9.26 Å². The van der Waals surface area contributed by atoms with E-state index in [4.69, 9.17) is 4.52 Å². The topological polar surface area (TPSA) is 65.2 Å². The van der Waals surface area contributed by atoms with Gasteiger partial charge in [-0.1, -0.05) is 19.0 Å². The van der Waals surface area contributed by atoms with Crippen LogP contribution in [0, 0.1) is 5.92 Å². The van der Waals surface area contributed by atoms with Crippen molar-refractivity contribution in [1.29, 1.82) is 0 Å².